The van der Waals surface area contributed by atoms with Crippen molar-refractivity contribution in [3.63, 3.8) is 0 Å². The first-order chi connectivity index (χ1) is 16.8. The minimum absolute atomic E-state index is 0.0569. The van der Waals surface area contributed by atoms with Crippen molar-refractivity contribution in [2.24, 2.45) is 11.8 Å². The van der Waals surface area contributed by atoms with E-state index < -0.39 is 29.0 Å². The molecule has 1 fully saturated rings. The van der Waals surface area contributed by atoms with Gasteiger partial charge in [-0.3, -0.25) is 0 Å². The Balaban J connectivity index is 1.67. The average Bonchev–Trinajstić information content (AvgIpc) is 2.86. The standard InChI is InChI=1S/C29H36F4O2/c1-3-5-7-8-19-10-12-20(13-11-19)18-35-24-17-23(29(34)28(33)27(24)32)16-22-15-14-21(9-6-4-2)25(30)26(22)31/h4,14-15,17,19-20,34H,2-3,5-13,16,18H2,1H3. The fourth-order valence-electron chi connectivity index (χ4n) is 4.88. The number of aromatic hydroxyl groups is 1. The third kappa shape index (κ3) is 7.02. The van der Waals surface area contributed by atoms with Gasteiger partial charge in [0.05, 0.1) is 6.61 Å². The molecule has 1 aliphatic rings. The van der Waals surface area contributed by atoms with Gasteiger partial charge in [-0.2, -0.15) is 8.78 Å². The highest BCUT2D eigenvalue weighted by atomic mass is 19.2. The Morgan fingerprint density at radius 2 is 1.57 bits per heavy atom. The van der Waals surface area contributed by atoms with E-state index in [0.29, 0.717) is 12.8 Å². The zero-order valence-corrected chi connectivity index (χ0v) is 20.5. The number of hydrogen-bond acceptors (Lipinski definition) is 2. The van der Waals surface area contributed by atoms with Gasteiger partial charge in [0.2, 0.25) is 11.6 Å². The highest BCUT2D eigenvalue weighted by Gasteiger charge is 2.24. The lowest BCUT2D eigenvalue weighted by Gasteiger charge is -2.28. The molecule has 2 nitrogen and oxygen atoms in total. The number of unbranched alkanes of at least 4 members (excludes halogenated alkanes) is 2. The van der Waals surface area contributed by atoms with Gasteiger partial charge in [0, 0.05) is 12.0 Å². The molecular formula is C29H36F4O2. The van der Waals surface area contributed by atoms with E-state index in [4.69, 9.17) is 4.74 Å². The van der Waals surface area contributed by atoms with Crippen molar-refractivity contribution in [2.75, 3.05) is 6.61 Å². The summed E-state index contributed by atoms with van der Waals surface area (Å²) in [5.74, 6) is -5.01. The summed E-state index contributed by atoms with van der Waals surface area (Å²) in [6, 6.07) is 4.05. The Labute approximate surface area is 206 Å². The van der Waals surface area contributed by atoms with Crippen LogP contribution in [0.25, 0.3) is 0 Å². The van der Waals surface area contributed by atoms with E-state index in [0.717, 1.165) is 31.6 Å². The maximum absolute atomic E-state index is 14.6. The molecule has 6 heteroatoms. The van der Waals surface area contributed by atoms with Gasteiger partial charge < -0.3 is 9.84 Å². The molecule has 2 aromatic rings. The Morgan fingerprint density at radius 3 is 2.26 bits per heavy atom. The molecule has 0 spiro atoms. The first-order valence-corrected chi connectivity index (χ1v) is 12.7. The summed E-state index contributed by atoms with van der Waals surface area (Å²) in [7, 11) is 0. The van der Waals surface area contributed by atoms with Crippen LogP contribution in [-0.4, -0.2) is 11.7 Å². The second kappa shape index (κ2) is 13.0. The van der Waals surface area contributed by atoms with E-state index in [-0.39, 0.29) is 41.4 Å². The Hall–Kier alpha value is -2.50. The van der Waals surface area contributed by atoms with Crippen molar-refractivity contribution >= 4 is 0 Å². The fourth-order valence-corrected chi connectivity index (χ4v) is 4.88. The number of allylic oxidation sites excluding steroid dienone is 1. The smallest absolute Gasteiger partial charge is 0.204 e. The van der Waals surface area contributed by atoms with Gasteiger partial charge in [-0.05, 0) is 54.7 Å². The Morgan fingerprint density at radius 1 is 0.914 bits per heavy atom. The summed E-state index contributed by atoms with van der Waals surface area (Å²) in [6.45, 7) is 6.02. The molecule has 0 atom stereocenters. The van der Waals surface area contributed by atoms with E-state index in [1.54, 1.807) is 6.08 Å². The number of phenolic OH excluding ortho intramolecular Hbond substituents is 1. The predicted octanol–water partition coefficient (Wildman–Crippen LogP) is 8.42. The fraction of sp³-hybridized carbons (Fsp3) is 0.517. The minimum Gasteiger partial charge on any atom is -0.505 e. The molecule has 192 valence electrons. The lowest BCUT2D eigenvalue weighted by atomic mass is 9.80. The number of ether oxygens (including phenoxy) is 1. The van der Waals surface area contributed by atoms with E-state index in [2.05, 4.69) is 13.5 Å². The van der Waals surface area contributed by atoms with E-state index >= 15 is 0 Å². The third-order valence-electron chi connectivity index (χ3n) is 7.12. The molecule has 0 bridgehead atoms. The second-order valence-corrected chi connectivity index (χ2v) is 9.72. The molecule has 1 N–H and O–H groups in total. The van der Waals surface area contributed by atoms with Crippen molar-refractivity contribution < 1.29 is 27.4 Å². The molecule has 3 rings (SSSR count). The van der Waals surface area contributed by atoms with Crippen LogP contribution >= 0.6 is 0 Å². The highest BCUT2D eigenvalue weighted by molar-refractivity contribution is 5.45. The van der Waals surface area contributed by atoms with Crippen LogP contribution in [0.1, 0.15) is 81.4 Å². The average molecular weight is 493 g/mol. The van der Waals surface area contributed by atoms with E-state index in [1.165, 1.54) is 43.9 Å². The molecule has 0 saturated heterocycles. The molecule has 0 unspecified atom stereocenters. The van der Waals surface area contributed by atoms with Crippen LogP contribution in [0.4, 0.5) is 17.6 Å². The molecular weight excluding hydrogens is 456 g/mol. The molecule has 0 amide bonds. The number of phenols is 1. The van der Waals surface area contributed by atoms with E-state index in [1.807, 2.05) is 0 Å². The molecule has 0 aliphatic heterocycles. The minimum atomic E-state index is -1.44. The summed E-state index contributed by atoms with van der Waals surface area (Å²) in [5, 5.41) is 10.1. The van der Waals surface area contributed by atoms with Crippen molar-refractivity contribution in [2.45, 2.75) is 77.6 Å². The van der Waals surface area contributed by atoms with Crippen molar-refractivity contribution in [1.82, 2.24) is 0 Å². The first kappa shape index (κ1) is 27.1. The zero-order chi connectivity index (χ0) is 25.4. The lowest BCUT2D eigenvalue weighted by Crippen LogP contribution is -2.20. The van der Waals surface area contributed by atoms with Gasteiger partial charge in [0.1, 0.15) is 0 Å². The van der Waals surface area contributed by atoms with Crippen LogP contribution in [0.3, 0.4) is 0 Å². The van der Waals surface area contributed by atoms with E-state index in [9.17, 15) is 22.7 Å². The largest absolute Gasteiger partial charge is 0.505 e. The molecule has 0 aromatic heterocycles. The third-order valence-corrected chi connectivity index (χ3v) is 7.12. The number of halogens is 4. The zero-order valence-electron chi connectivity index (χ0n) is 20.5. The maximum Gasteiger partial charge on any atom is 0.204 e. The van der Waals surface area contributed by atoms with Crippen LogP contribution in [0.5, 0.6) is 11.5 Å². The van der Waals surface area contributed by atoms with Crippen molar-refractivity contribution in [1.29, 1.82) is 0 Å². The molecule has 0 radical (unpaired) electrons. The summed E-state index contributed by atoms with van der Waals surface area (Å²) in [6.07, 6.45) is 11.3. The number of aryl methyl sites for hydroxylation is 1. The molecule has 1 saturated carbocycles. The molecule has 35 heavy (non-hydrogen) atoms. The quantitative estimate of drug-likeness (QED) is 0.183. The van der Waals surface area contributed by atoms with Gasteiger partial charge >= 0.3 is 0 Å². The van der Waals surface area contributed by atoms with Crippen LogP contribution < -0.4 is 4.74 Å². The van der Waals surface area contributed by atoms with Gasteiger partial charge in [0.25, 0.3) is 0 Å². The first-order valence-electron chi connectivity index (χ1n) is 12.7. The summed E-state index contributed by atoms with van der Waals surface area (Å²) in [5.41, 5.74) is 0.0962. The normalized spacial score (nSPS) is 18.0. The SMILES string of the molecule is C=CCCc1ccc(Cc2cc(OCC3CCC(CCCCC)CC3)c(F)c(F)c2O)c(F)c1F. The number of hydrogen-bond donors (Lipinski definition) is 1. The van der Waals surface area contributed by atoms with Gasteiger partial charge in [-0.25, -0.2) is 8.78 Å². The lowest BCUT2D eigenvalue weighted by molar-refractivity contribution is 0.172. The predicted molar refractivity (Wildman–Crippen MR) is 131 cm³/mol. The topological polar surface area (TPSA) is 29.5 Å². The van der Waals surface area contributed by atoms with Crippen molar-refractivity contribution in [3.05, 3.63) is 70.8 Å². The van der Waals surface area contributed by atoms with Crippen LogP contribution in [0, 0.1) is 35.1 Å². The van der Waals surface area contributed by atoms with Gasteiger partial charge in [0.15, 0.2) is 23.1 Å². The maximum atomic E-state index is 14.6. The summed E-state index contributed by atoms with van der Waals surface area (Å²) < 4.78 is 63.6. The van der Waals surface area contributed by atoms with Crippen LogP contribution in [0.15, 0.2) is 30.9 Å². The summed E-state index contributed by atoms with van der Waals surface area (Å²) in [4.78, 5) is 0. The second-order valence-electron chi connectivity index (χ2n) is 9.72. The Kier molecular flexibility index (Phi) is 10.1. The Bertz CT molecular complexity index is 997. The molecule has 2 aromatic carbocycles. The van der Waals surface area contributed by atoms with Crippen molar-refractivity contribution in [3.8, 4) is 11.5 Å². The van der Waals surface area contributed by atoms with Crippen LogP contribution in [0.2, 0.25) is 0 Å². The van der Waals surface area contributed by atoms with Crippen LogP contribution in [-0.2, 0) is 12.8 Å². The molecule has 0 heterocycles. The van der Waals surface area contributed by atoms with Gasteiger partial charge in [-0.1, -0.05) is 63.7 Å². The van der Waals surface area contributed by atoms with Gasteiger partial charge in [-0.15, -0.1) is 6.58 Å². The summed E-state index contributed by atoms with van der Waals surface area (Å²) >= 11 is 0. The monoisotopic (exact) mass is 492 g/mol. The number of benzene rings is 2. The highest BCUT2D eigenvalue weighted by Crippen LogP contribution is 2.36. The molecule has 1 aliphatic carbocycles. The number of rotatable bonds is 12.